The van der Waals surface area contributed by atoms with Crippen molar-refractivity contribution >= 4 is 17.1 Å². The number of thiazole rings is 1. The van der Waals surface area contributed by atoms with E-state index in [1.165, 1.54) is 0 Å². The molecule has 1 fully saturated rings. The van der Waals surface area contributed by atoms with Crippen LogP contribution in [0.4, 0.5) is 0 Å². The van der Waals surface area contributed by atoms with Crippen LogP contribution in [-0.2, 0) is 4.79 Å². The smallest absolute Gasteiger partial charge is 0.162 e. The molecule has 18 heavy (non-hydrogen) atoms. The number of carbonyl (C=O) groups excluding carboxylic acids is 1. The average Bonchev–Trinajstić information content (AvgIpc) is 2.98. The molecule has 1 saturated carbocycles. The van der Waals surface area contributed by atoms with Crippen LogP contribution in [0.25, 0.3) is 10.8 Å². The maximum absolute atomic E-state index is 11.2. The Kier molecular flexibility index (Phi) is 3.04. The van der Waals surface area contributed by atoms with Gasteiger partial charge in [0.15, 0.2) is 10.8 Å². The Labute approximate surface area is 110 Å². The van der Waals surface area contributed by atoms with Crippen LogP contribution < -0.4 is 0 Å². The summed E-state index contributed by atoms with van der Waals surface area (Å²) in [4.78, 5) is 15.9. The third-order valence-corrected chi connectivity index (χ3v) is 4.31. The fraction of sp³-hybridized carbons (Fsp3) is 0.429. The molecule has 2 heterocycles. The predicted octanol–water partition coefficient (Wildman–Crippen LogP) is 3.94. The summed E-state index contributed by atoms with van der Waals surface area (Å²) in [5.41, 5.74) is 1.12. The number of Topliss-reactive ketones (excluding diaryl/α,β-unsaturated/α-hetero) is 1. The van der Waals surface area contributed by atoms with Crippen LogP contribution in [0.1, 0.15) is 43.1 Å². The standard InChI is InChI=1S/C14H15NO2S/c1-9-2-7-13(17-9)14-15-12(8-18-14)10-3-5-11(16)6-4-10/h2,7-8,10H,3-6H2,1H3. The van der Waals surface area contributed by atoms with Gasteiger partial charge in [-0.3, -0.25) is 4.79 Å². The van der Waals surface area contributed by atoms with Crippen molar-refractivity contribution in [2.75, 3.05) is 0 Å². The van der Waals surface area contributed by atoms with Gasteiger partial charge >= 0.3 is 0 Å². The van der Waals surface area contributed by atoms with E-state index in [9.17, 15) is 4.79 Å². The molecule has 2 aromatic heterocycles. The number of ketones is 1. The first kappa shape index (κ1) is 11.7. The van der Waals surface area contributed by atoms with E-state index in [1.807, 2.05) is 19.1 Å². The molecular weight excluding hydrogens is 246 g/mol. The van der Waals surface area contributed by atoms with E-state index in [2.05, 4.69) is 10.4 Å². The van der Waals surface area contributed by atoms with E-state index < -0.39 is 0 Å². The lowest BCUT2D eigenvalue weighted by Gasteiger charge is -2.18. The number of furan rings is 1. The van der Waals surface area contributed by atoms with Gasteiger partial charge < -0.3 is 4.42 Å². The summed E-state index contributed by atoms with van der Waals surface area (Å²) < 4.78 is 5.58. The zero-order valence-corrected chi connectivity index (χ0v) is 11.1. The zero-order valence-electron chi connectivity index (χ0n) is 10.3. The molecule has 94 valence electrons. The molecule has 0 saturated heterocycles. The highest BCUT2D eigenvalue weighted by Crippen LogP contribution is 2.34. The van der Waals surface area contributed by atoms with Gasteiger partial charge in [-0.05, 0) is 31.9 Å². The van der Waals surface area contributed by atoms with Crippen LogP contribution in [0, 0.1) is 6.92 Å². The second-order valence-corrected chi connectivity index (χ2v) is 5.66. The van der Waals surface area contributed by atoms with Crippen LogP contribution in [0.3, 0.4) is 0 Å². The molecule has 4 heteroatoms. The zero-order chi connectivity index (χ0) is 12.5. The van der Waals surface area contributed by atoms with Crippen molar-refractivity contribution in [2.45, 2.75) is 38.5 Å². The largest absolute Gasteiger partial charge is 0.459 e. The van der Waals surface area contributed by atoms with Crippen molar-refractivity contribution in [2.24, 2.45) is 0 Å². The van der Waals surface area contributed by atoms with Crippen LogP contribution in [-0.4, -0.2) is 10.8 Å². The normalized spacial score (nSPS) is 17.3. The maximum atomic E-state index is 11.2. The van der Waals surface area contributed by atoms with Crippen molar-refractivity contribution in [1.82, 2.24) is 4.98 Å². The number of nitrogens with zero attached hydrogens (tertiary/aromatic N) is 1. The second kappa shape index (κ2) is 4.69. The third-order valence-electron chi connectivity index (χ3n) is 3.43. The Hall–Kier alpha value is -1.42. The number of rotatable bonds is 2. The third kappa shape index (κ3) is 2.25. The van der Waals surface area contributed by atoms with Crippen molar-refractivity contribution < 1.29 is 9.21 Å². The van der Waals surface area contributed by atoms with Gasteiger partial charge in [0.25, 0.3) is 0 Å². The highest BCUT2D eigenvalue weighted by Gasteiger charge is 2.22. The second-order valence-electron chi connectivity index (χ2n) is 4.80. The van der Waals surface area contributed by atoms with E-state index in [1.54, 1.807) is 11.3 Å². The molecule has 0 spiro atoms. The Morgan fingerprint density at radius 1 is 1.33 bits per heavy atom. The minimum Gasteiger partial charge on any atom is -0.459 e. The number of hydrogen-bond acceptors (Lipinski definition) is 4. The predicted molar refractivity (Wildman–Crippen MR) is 70.8 cm³/mol. The van der Waals surface area contributed by atoms with Crippen LogP contribution in [0.15, 0.2) is 21.9 Å². The van der Waals surface area contributed by atoms with Gasteiger partial charge in [-0.2, -0.15) is 0 Å². The molecule has 0 radical (unpaired) electrons. The minimum absolute atomic E-state index is 0.392. The van der Waals surface area contributed by atoms with Gasteiger partial charge in [0.05, 0.1) is 5.69 Å². The van der Waals surface area contributed by atoms with E-state index in [0.717, 1.165) is 35.1 Å². The molecule has 1 aliphatic rings. The summed E-state index contributed by atoms with van der Waals surface area (Å²) in [6, 6.07) is 3.91. The molecule has 2 aromatic rings. The lowest BCUT2D eigenvalue weighted by atomic mass is 9.87. The van der Waals surface area contributed by atoms with Gasteiger partial charge in [-0.1, -0.05) is 0 Å². The molecule has 0 N–H and O–H groups in total. The number of aryl methyl sites for hydroxylation is 1. The Bertz CT molecular complexity index is 560. The summed E-state index contributed by atoms with van der Waals surface area (Å²) >= 11 is 1.62. The number of hydrogen-bond donors (Lipinski definition) is 0. The number of carbonyl (C=O) groups is 1. The van der Waals surface area contributed by atoms with Crippen molar-refractivity contribution in [3.05, 3.63) is 29.0 Å². The summed E-state index contributed by atoms with van der Waals surface area (Å²) in [6.07, 6.45) is 3.30. The van der Waals surface area contributed by atoms with Gasteiger partial charge in [-0.15, -0.1) is 11.3 Å². The van der Waals surface area contributed by atoms with E-state index >= 15 is 0 Å². The first-order valence-corrected chi connectivity index (χ1v) is 7.14. The van der Waals surface area contributed by atoms with E-state index in [-0.39, 0.29) is 0 Å². The lowest BCUT2D eigenvalue weighted by Crippen LogP contribution is -2.12. The molecule has 0 amide bonds. The molecule has 0 bridgehead atoms. The first-order valence-electron chi connectivity index (χ1n) is 6.26. The quantitative estimate of drug-likeness (QED) is 0.822. The summed E-state index contributed by atoms with van der Waals surface area (Å²) in [6.45, 7) is 1.94. The fourth-order valence-corrected chi connectivity index (χ4v) is 3.23. The first-order chi connectivity index (χ1) is 8.72. The SMILES string of the molecule is Cc1ccc(-c2nc(C3CCC(=O)CC3)cs2)o1. The Morgan fingerprint density at radius 2 is 2.11 bits per heavy atom. The highest BCUT2D eigenvalue weighted by atomic mass is 32.1. The van der Waals surface area contributed by atoms with Crippen molar-refractivity contribution in [3.63, 3.8) is 0 Å². The summed E-state index contributed by atoms with van der Waals surface area (Å²) in [5, 5.41) is 3.04. The van der Waals surface area contributed by atoms with E-state index in [4.69, 9.17) is 4.42 Å². The van der Waals surface area contributed by atoms with Crippen LogP contribution in [0.5, 0.6) is 0 Å². The topological polar surface area (TPSA) is 43.1 Å². The van der Waals surface area contributed by atoms with Gasteiger partial charge in [0.2, 0.25) is 0 Å². The molecule has 1 aliphatic carbocycles. The lowest BCUT2D eigenvalue weighted by molar-refractivity contribution is -0.120. The van der Waals surface area contributed by atoms with Gasteiger partial charge in [0.1, 0.15) is 11.5 Å². The molecule has 3 nitrogen and oxygen atoms in total. The molecular formula is C14H15NO2S. The average molecular weight is 261 g/mol. The molecule has 0 atom stereocenters. The minimum atomic E-state index is 0.392. The van der Waals surface area contributed by atoms with Crippen molar-refractivity contribution in [1.29, 1.82) is 0 Å². The monoisotopic (exact) mass is 261 g/mol. The molecule has 0 aliphatic heterocycles. The maximum Gasteiger partial charge on any atom is 0.162 e. The summed E-state index contributed by atoms with van der Waals surface area (Å²) in [7, 11) is 0. The van der Waals surface area contributed by atoms with Crippen molar-refractivity contribution in [3.8, 4) is 10.8 Å². The molecule has 0 aromatic carbocycles. The Balaban J connectivity index is 1.79. The molecule has 3 rings (SSSR count). The van der Waals surface area contributed by atoms with Gasteiger partial charge in [0, 0.05) is 24.1 Å². The highest BCUT2D eigenvalue weighted by molar-refractivity contribution is 7.13. The molecule has 0 unspecified atom stereocenters. The van der Waals surface area contributed by atoms with E-state index in [0.29, 0.717) is 24.5 Å². The van der Waals surface area contributed by atoms with Gasteiger partial charge in [-0.25, -0.2) is 4.98 Å². The fourth-order valence-electron chi connectivity index (χ4n) is 2.37. The van der Waals surface area contributed by atoms with Crippen LogP contribution in [0.2, 0.25) is 0 Å². The Morgan fingerprint density at radius 3 is 2.78 bits per heavy atom. The van der Waals surface area contributed by atoms with Crippen LogP contribution >= 0.6 is 11.3 Å². The summed E-state index contributed by atoms with van der Waals surface area (Å²) in [5.74, 6) is 2.59. The number of aromatic nitrogens is 1.